The first-order valence-electron chi connectivity index (χ1n) is 16.0. The van der Waals surface area contributed by atoms with Crippen molar-refractivity contribution >= 4 is 38.3 Å². The van der Waals surface area contributed by atoms with Gasteiger partial charge in [0.05, 0.1) is 57.4 Å². The van der Waals surface area contributed by atoms with E-state index < -0.39 is 119 Å². The second-order valence-corrected chi connectivity index (χ2v) is 14.5. The number of hydrogen-bond donors (Lipinski definition) is 8. The summed E-state index contributed by atoms with van der Waals surface area (Å²) in [5, 5.41) is 35.3. The molecule has 2 fully saturated rings. The molecule has 21 nitrogen and oxygen atoms in total. The molecule has 10 atom stereocenters. The van der Waals surface area contributed by atoms with Gasteiger partial charge in [0.25, 0.3) is 10.3 Å². The fourth-order valence-corrected chi connectivity index (χ4v) is 6.71. The lowest BCUT2D eigenvalue weighted by molar-refractivity contribution is -0.231. The summed E-state index contributed by atoms with van der Waals surface area (Å²) in [7, 11) is -8.85. The van der Waals surface area contributed by atoms with Gasteiger partial charge < -0.3 is 44.1 Å². The maximum absolute atomic E-state index is 13.2. The van der Waals surface area contributed by atoms with Crippen LogP contribution in [-0.2, 0) is 58.2 Å². The number of hydrazine groups is 1. The monoisotopic (exact) mass is 777 g/mol. The van der Waals surface area contributed by atoms with E-state index in [1.54, 1.807) is 6.92 Å². The van der Waals surface area contributed by atoms with Crippen molar-refractivity contribution in [3.05, 3.63) is 12.8 Å². The van der Waals surface area contributed by atoms with Crippen molar-refractivity contribution in [1.82, 2.24) is 16.2 Å². The molecule has 0 aromatic heterocycles. The molecule has 0 aromatic carbocycles. The minimum absolute atomic E-state index is 0.0544. The SMILES string of the molecule is C=CNC(=O)CCCCC(=O)NNCC(=O)C1OC(CC)C(O)C(O)C1COCC1OC(COS(=O)(=O)[O-])C(C)(COC)C(O)C1N=S(=O)(O)O. The molecule has 10 unspecified atom stereocenters. The molecular formula is C28H49N4O17S2-. The van der Waals surface area contributed by atoms with Crippen LogP contribution in [0.25, 0.3) is 0 Å². The van der Waals surface area contributed by atoms with Gasteiger partial charge in [-0.15, -0.1) is 0 Å². The van der Waals surface area contributed by atoms with Gasteiger partial charge in [0, 0.05) is 31.3 Å². The van der Waals surface area contributed by atoms with Crippen LogP contribution in [0.15, 0.2) is 17.1 Å². The van der Waals surface area contributed by atoms with Crippen LogP contribution in [0.5, 0.6) is 0 Å². The summed E-state index contributed by atoms with van der Waals surface area (Å²) >= 11 is 0. The van der Waals surface area contributed by atoms with E-state index in [0.717, 1.165) is 0 Å². The highest BCUT2D eigenvalue weighted by Gasteiger charge is 2.54. The molecule has 23 heteroatoms. The summed E-state index contributed by atoms with van der Waals surface area (Å²) < 4.78 is 94.8. The van der Waals surface area contributed by atoms with Crippen LogP contribution in [0.1, 0.15) is 46.0 Å². The Morgan fingerprint density at radius 2 is 1.65 bits per heavy atom. The Kier molecular flexibility index (Phi) is 17.9. The molecule has 0 radical (unpaired) electrons. The summed E-state index contributed by atoms with van der Waals surface area (Å²) in [4.78, 5) is 36.9. The first-order chi connectivity index (χ1) is 23.8. The van der Waals surface area contributed by atoms with Crippen LogP contribution >= 0.6 is 0 Å². The zero-order valence-corrected chi connectivity index (χ0v) is 30.1. The minimum Gasteiger partial charge on any atom is -0.726 e. The van der Waals surface area contributed by atoms with Gasteiger partial charge in [0.2, 0.25) is 22.2 Å². The van der Waals surface area contributed by atoms with E-state index in [0.29, 0.717) is 12.8 Å². The Bertz CT molecular complexity index is 1400. The predicted octanol–water partition coefficient (Wildman–Crippen LogP) is -2.43. The summed E-state index contributed by atoms with van der Waals surface area (Å²) in [5.41, 5.74) is 3.24. The molecule has 0 aliphatic carbocycles. The Labute approximate surface area is 296 Å². The number of rotatable bonds is 21. The summed E-state index contributed by atoms with van der Waals surface area (Å²) in [6.07, 6.45) is -7.48. The molecule has 0 saturated carbocycles. The average Bonchev–Trinajstić information content (AvgIpc) is 3.03. The van der Waals surface area contributed by atoms with Gasteiger partial charge in [-0.1, -0.05) is 20.4 Å². The van der Waals surface area contributed by atoms with Crippen molar-refractivity contribution < 1.29 is 79.1 Å². The van der Waals surface area contributed by atoms with E-state index in [2.05, 4.69) is 31.3 Å². The van der Waals surface area contributed by atoms with E-state index in [-0.39, 0.29) is 31.8 Å². The summed E-state index contributed by atoms with van der Waals surface area (Å²) in [6.45, 7) is 3.52. The zero-order valence-electron chi connectivity index (χ0n) is 28.5. The second kappa shape index (κ2) is 20.3. The summed E-state index contributed by atoms with van der Waals surface area (Å²) in [5.74, 6) is -2.56. The Hall–Kier alpha value is -2.23. The number of ketones is 1. The number of unbranched alkanes of at least 4 members (excludes halogenated alkanes) is 1. The van der Waals surface area contributed by atoms with Crippen molar-refractivity contribution in [2.75, 3.05) is 40.1 Å². The number of nitrogens with zero attached hydrogens (tertiary/aromatic N) is 1. The third-order valence-electron chi connectivity index (χ3n) is 8.54. The Balaban J connectivity index is 2.16. The second-order valence-electron chi connectivity index (χ2n) is 12.3. The molecular weight excluding hydrogens is 728 g/mol. The molecule has 296 valence electrons. The minimum atomic E-state index is -5.23. The van der Waals surface area contributed by atoms with Crippen molar-refractivity contribution in [3.8, 4) is 0 Å². The van der Waals surface area contributed by atoms with E-state index in [1.807, 2.05) is 0 Å². The number of carbonyl (C=O) groups is 3. The smallest absolute Gasteiger partial charge is 0.287 e. The number of Topliss-reactive ketones (excluding diaryl/α,β-unsaturated/α-hetero) is 1. The highest BCUT2D eigenvalue weighted by Crippen LogP contribution is 2.40. The van der Waals surface area contributed by atoms with Crippen LogP contribution in [0, 0.1) is 11.3 Å². The van der Waals surface area contributed by atoms with Gasteiger partial charge in [0.1, 0.15) is 24.4 Å². The van der Waals surface area contributed by atoms with Crippen LogP contribution in [0.4, 0.5) is 0 Å². The standard InChI is InChI=1S/C28H50N4O17S2/c1-5-18-25(37)24(36)16(26(49-18)17(33)11-30-31-22(35)10-8-7-9-21(34)29-6-2)12-46-13-19-23(32-50(39,40)41)27(38)28(3,15-45-4)20(48-19)14-47-51(42,43)44/h6,16,18-20,23-27,30,36-38H,2,5,7-15H2,1,3-4H3,(H,29,34)(H,31,35)(H,42,43,44)(H2,32,39,40,41)/p-1. The van der Waals surface area contributed by atoms with Gasteiger partial charge >= 0.3 is 0 Å². The number of ether oxygens (including phenoxy) is 4. The van der Waals surface area contributed by atoms with Crippen molar-refractivity contribution in [2.45, 2.75) is 94.7 Å². The summed E-state index contributed by atoms with van der Waals surface area (Å²) in [6, 6.07) is -1.70. The molecule has 2 aliphatic rings. The number of methoxy groups -OCH3 is 1. The molecule has 8 N–H and O–H groups in total. The number of nitrogens with one attached hydrogen (secondary N) is 3. The topological polar surface area (TPSA) is 321 Å². The molecule has 2 amide bonds. The fraction of sp³-hybridized carbons (Fsp3) is 0.821. The molecule has 0 aromatic rings. The van der Waals surface area contributed by atoms with Crippen LogP contribution in [0.3, 0.4) is 0 Å². The third-order valence-corrected chi connectivity index (χ3v) is 9.48. The Morgan fingerprint density at radius 3 is 2.22 bits per heavy atom. The third kappa shape index (κ3) is 13.9. The number of aliphatic hydroxyl groups excluding tert-OH is 3. The van der Waals surface area contributed by atoms with E-state index in [1.165, 1.54) is 20.2 Å². The van der Waals surface area contributed by atoms with Crippen molar-refractivity contribution in [2.24, 2.45) is 15.7 Å². The molecule has 0 spiro atoms. The van der Waals surface area contributed by atoms with Gasteiger partial charge in [-0.2, -0.15) is 8.57 Å². The van der Waals surface area contributed by atoms with Gasteiger partial charge in [-0.3, -0.25) is 33.1 Å². The number of hydrogen-bond acceptors (Lipinski definition) is 17. The largest absolute Gasteiger partial charge is 0.726 e. The van der Waals surface area contributed by atoms with Crippen LogP contribution in [0.2, 0.25) is 0 Å². The highest BCUT2D eigenvalue weighted by atomic mass is 32.3. The quantitative estimate of drug-likeness (QED) is 0.0260. The van der Waals surface area contributed by atoms with Crippen LogP contribution < -0.4 is 16.2 Å². The number of carbonyl (C=O) groups excluding carboxylic acids is 3. The lowest BCUT2D eigenvalue weighted by Gasteiger charge is -2.49. The highest BCUT2D eigenvalue weighted by molar-refractivity contribution is 7.82. The maximum Gasteiger partial charge on any atom is 0.287 e. The van der Waals surface area contributed by atoms with Gasteiger partial charge in [-0.25, -0.2) is 13.8 Å². The molecule has 0 bridgehead atoms. The maximum atomic E-state index is 13.2. The number of amides is 2. The number of aliphatic hydroxyl groups is 3. The molecule has 2 heterocycles. The average molecular weight is 778 g/mol. The fourth-order valence-electron chi connectivity index (χ4n) is 5.85. The molecule has 2 aliphatic heterocycles. The van der Waals surface area contributed by atoms with Crippen LogP contribution in [-0.4, -0.2) is 148 Å². The first-order valence-corrected chi connectivity index (χ1v) is 18.7. The lowest BCUT2D eigenvalue weighted by atomic mass is 9.73. The molecule has 51 heavy (non-hydrogen) atoms. The van der Waals surface area contributed by atoms with E-state index in [4.69, 9.17) is 18.9 Å². The van der Waals surface area contributed by atoms with Gasteiger partial charge in [-0.05, 0) is 25.5 Å². The van der Waals surface area contributed by atoms with Crippen molar-refractivity contribution in [3.63, 3.8) is 0 Å². The van der Waals surface area contributed by atoms with E-state index in [9.17, 15) is 56.0 Å². The lowest BCUT2D eigenvalue weighted by Crippen LogP contribution is -2.63. The molecule has 2 rings (SSSR count). The van der Waals surface area contributed by atoms with E-state index >= 15 is 0 Å². The normalized spacial score (nSPS) is 31.4. The van der Waals surface area contributed by atoms with Gasteiger partial charge in [0.15, 0.2) is 5.78 Å². The predicted molar refractivity (Wildman–Crippen MR) is 173 cm³/mol. The molecule has 2 saturated heterocycles. The first kappa shape index (κ1) is 44.9. The Morgan fingerprint density at radius 1 is 1.00 bits per heavy atom. The zero-order chi connectivity index (χ0) is 38.6. The van der Waals surface area contributed by atoms with Crippen molar-refractivity contribution in [1.29, 1.82) is 0 Å².